The fraction of sp³-hybridized carbons (Fsp3) is 0.0345. The fourth-order valence-electron chi connectivity index (χ4n) is 4.08. The second-order valence-electron chi connectivity index (χ2n) is 7.69. The molecule has 0 heterocycles. The molecule has 0 aliphatic heterocycles. The topological polar surface area (TPSA) is 41.9 Å². The van der Waals surface area contributed by atoms with Crippen molar-refractivity contribution in [3.05, 3.63) is 126 Å². The highest BCUT2D eigenvalue weighted by molar-refractivity contribution is 6.25. The van der Waals surface area contributed by atoms with Gasteiger partial charge >= 0.3 is 5.97 Å². The van der Waals surface area contributed by atoms with Crippen LogP contribution in [-0.4, -0.2) is 18.8 Å². The van der Waals surface area contributed by atoms with Crippen LogP contribution >= 0.6 is 0 Å². The molecule has 0 saturated heterocycles. The molecule has 0 atom stereocenters. The summed E-state index contributed by atoms with van der Waals surface area (Å²) in [5, 5.41) is 7.10. The summed E-state index contributed by atoms with van der Waals surface area (Å²) in [6.07, 6.45) is 1.82. The molecule has 1 aliphatic rings. The third kappa shape index (κ3) is 3.72. The van der Waals surface area contributed by atoms with Crippen molar-refractivity contribution in [2.45, 2.75) is 0 Å². The van der Waals surface area contributed by atoms with Gasteiger partial charge in [-0.1, -0.05) is 73.3 Å². The number of carbonyl (C=O) groups is 1. The quantitative estimate of drug-likeness (QED) is 0.230. The van der Waals surface area contributed by atoms with Crippen molar-refractivity contribution >= 4 is 29.1 Å². The predicted octanol–water partition coefficient (Wildman–Crippen LogP) is 6.69. The third-order valence-electron chi connectivity index (χ3n) is 5.74. The molecule has 0 unspecified atom stereocenters. The zero-order valence-electron chi connectivity index (χ0n) is 18.2. The summed E-state index contributed by atoms with van der Waals surface area (Å²) in [5.74, 6) is -0.353. The molecule has 0 amide bonds. The second-order valence-corrected chi connectivity index (χ2v) is 7.69. The van der Waals surface area contributed by atoms with E-state index in [-0.39, 0.29) is 5.97 Å². The van der Waals surface area contributed by atoms with E-state index in [1.165, 1.54) is 7.11 Å². The minimum absolute atomic E-state index is 0.353. The van der Waals surface area contributed by atoms with Gasteiger partial charge in [0.15, 0.2) is 0 Å². The maximum Gasteiger partial charge on any atom is 0.337 e. The number of hydrazone groups is 1. The Morgan fingerprint density at radius 2 is 1.42 bits per heavy atom. The molecule has 4 aromatic carbocycles. The summed E-state index contributed by atoms with van der Waals surface area (Å²) >= 11 is 0. The van der Waals surface area contributed by atoms with Crippen LogP contribution in [0.25, 0.3) is 17.2 Å². The Kier molecular flexibility index (Phi) is 5.33. The number of ether oxygens (including phenoxy) is 1. The maximum atomic E-state index is 12.1. The van der Waals surface area contributed by atoms with E-state index in [0.717, 1.165) is 44.9 Å². The van der Waals surface area contributed by atoms with Gasteiger partial charge in [-0.15, -0.1) is 0 Å². The van der Waals surface area contributed by atoms with Crippen LogP contribution in [0.3, 0.4) is 0 Å². The Labute approximate surface area is 193 Å². The number of hydrogen-bond acceptors (Lipinski definition) is 4. The zero-order valence-corrected chi connectivity index (χ0v) is 18.2. The van der Waals surface area contributed by atoms with Crippen molar-refractivity contribution in [1.29, 1.82) is 0 Å². The molecule has 0 aromatic heterocycles. The Balaban J connectivity index is 1.70. The molecule has 0 bridgehead atoms. The number of anilines is 2. The summed E-state index contributed by atoms with van der Waals surface area (Å²) in [6.45, 7) is 3.85. The Bertz CT molecular complexity index is 1370. The van der Waals surface area contributed by atoms with Gasteiger partial charge in [0.1, 0.15) is 0 Å². The highest BCUT2D eigenvalue weighted by Gasteiger charge is 2.27. The number of methoxy groups -OCH3 is 1. The number of nitrogens with zero attached hydrogens (tertiary/aromatic N) is 2. The van der Waals surface area contributed by atoms with Crippen LogP contribution in [-0.2, 0) is 4.74 Å². The summed E-state index contributed by atoms with van der Waals surface area (Å²) in [6, 6.07) is 31.9. The average Bonchev–Trinajstić information content (AvgIpc) is 3.20. The lowest BCUT2D eigenvalue weighted by Crippen LogP contribution is -2.14. The molecule has 1 aliphatic carbocycles. The maximum absolute atomic E-state index is 12.1. The minimum Gasteiger partial charge on any atom is -0.465 e. The van der Waals surface area contributed by atoms with E-state index in [2.05, 4.69) is 18.7 Å². The molecule has 160 valence electrons. The molecule has 33 heavy (non-hydrogen) atoms. The number of hydrogen-bond donors (Lipinski definition) is 0. The smallest absolute Gasteiger partial charge is 0.337 e. The summed E-state index contributed by atoms with van der Waals surface area (Å²) in [5.41, 5.74) is 8.34. The standard InChI is InChI=1S/C29H22N2O2/c1-3-20-13-16-23(17-14-20)31(22-9-5-4-6-10-22)30-28-25-12-8-7-11-24(25)27-19-21(29(32)33-2)15-18-26(27)28/h3-19H,1H2,2H3/b30-28-. The summed E-state index contributed by atoms with van der Waals surface area (Å²) < 4.78 is 4.93. The van der Waals surface area contributed by atoms with Gasteiger partial charge < -0.3 is 4.74 Å². The number of benzene rings is 4. The SMILES string of the molecule is C=Cc1ccc(N(/N=C2/c3ccccc3-c3cc(C(=O)OC)ccc32)c2ccccc2)cc1. The Morgan fingerprint density at radius 3 is 2.12 bits per heavy atom. The van der Waals surface area contributed by atoms with E-state index in [1.807, 2.05) is 89.9 Å². The molecule has 0 saturated carbocycles. The van der Waals surface area contributed by atoms with E-state index in [9.17, 15) is 4.79 Å². The molecular weight excluding hydrogens is 408 g/mol. The van der Waals surface area contributed by atoms with E-state index < -0.39 is 0 Å². The Morgan fingerprint density at radius 1 is 0.788 bits per heavy atom. The predicted molar refractivity (Wildman–Crippen MR) is 134 cm³/mol. The molecule has 0 radical (unpaired) electrons. The first-order valence-electron chi connectivity index (χ1n) is 10.7. The average molecular weight is 431 g/mol. The lowest BCUT2D eigenvalue weighted by molar-refractivity contribution is 0.0601. The minimum atomic E-state index is -0.353. The van der Waals surface area contributed by atoms with Crippen molar-refractivity contribution in [2.75, 3.05) is 12.1 Å². The number of esters is 1. The summed E-state index contributed by atoms with van der Waals surface area (Å²) in [7, 11) is 1.39. The first-order valence-corrected chi connectivity index (χ1v) is 10.7. The normalized spacial score (nSPS) is 12.7. The van der Waals surface area contributed by atoms with Crippen LogP contribution in [0.2, 0.25) is 0 Å². The number of carbonyl (C=O) groups excluding carboxylic acids is 1. The van der Waals surface area contributed by atoms with Gasteiger partial charge in [0.2, 0.25) is 0 Å². The molecular formula is C29H22N2O2. The molecule has 0 fully saturated rings. The molecule has 0 spiro atoms. The second kappa shape index (κ2) is 8.60. The van der Waals surface area contributed by atoms with Crippen LogP contribution in [0.15, 0.2) is 109 Å². The molecule has 4 heteroatoms. The van der Waals surface area contributed by atoms with Crippen LogP contribution < -0.4 is 5.01 Å². The van der Waals surface area contributed by atoms with Crippen LogP contribution in [0.5, 0.6) is 0 Å². The monoisotopic (exact) mass is 430 g/mol. The highest BCUT2D eigenvalue weighted by atomic mass is 16.5. The van der Waals surface area contributed by atoms with Gasteiger partial charge in [-0.2, -0.15) is 5.10 Å². The van der Waals surface area contributed by atoms with Gasteiger partial charge in [-0.25, -0.2) is 9.80 Å². The Hall–Kier alpha value is -4.44. The van der Waals surface area contributed by atoms with Gasteiger partial charge in [-0.3, -0.25) is 0 Å². The lowest BCUT2D eigenvalue weighted by Gasteiger charge is -2.21. The number of rotatable bonds is 5. The van der Waals surface area contributed by atoms with E-state index in [4.69, 9.17) is 9.84 Å². The van der Waals surface area contributed by atoms with E-state index in [1.54, 1.807) is 6.07 Å². The molecule has 4 aromatic rings. The van der Waals surface area contributed by atoms with Crippen LogP contribution in [0, 0.1) is 0 Å². The van der Waals surface area contributed by atoms with Crippen molar-refractivity contribution in [3.8, 4) is 11.1 Å². The van der Waals surface area contributed by atoms with Crippen molar-refractivity contribution in [1.82, 2.24) is 0 Å². The van der Waals surface area contributed by atoms with Gasteiger partial charge in [0, 0.05) is 11.1 Å². The zero-order chi connectivity index (χ0) is 22.8. The van der Waals surface area contributed by atoms with Gasteiger partial charge in [-0.05, 0) is 53.1 Å². The number of fused-ring (bicyclic) bond motifs is 3. The highest BCUT2D eigenvalue weighted by Crippen LogP contribution is 2.39. The first-order chi connectivity index (χ1) is 16.2. The third-order valence-corrected chi connectivity index (χ3v) is 5.74. The van der Waals surface area contributed by atoms with E-state index in [0.29, 0.717) is 5.56 Å². The van der Waals surface area contributed by atoms with E-state index >= 15 is 0 Å². The van der Waals surface area contributed by atoms with Crippen molar-refractivity contribution < 1.29 is 9.53 Å². The number of para-hydroxylation sites is 1. The summed E-state index contributed by atoms with van der Waals surface area (Å²) in [4.78, 5) is 12.1. The van der Waals surface area contributed by atoms with Crippen molar-refractivity contribution in [2.24, 2.45) is 5.10 Å². The molecule has 5 rings (SSSR count). The molecule has 0 N–H and O–H groups in total. The largest absolute Gasteiger partial charge is 0.465 e. The van der Waals surface area contributed by atoms with Crippen LogP contribution in [0.4, 0.5) is 11.4 Å². The van der Waals surface area contributed by atoms with Crippen LogP contribution in [0.1, 0.15) is 27.0 Å². The fourth-order valence-corrected chi connectivity index (χ4v) is 4.08. The first kappa shape index (κ1) is 20.5. The lowest BCUT2D eigenvalue weighted by atomic mass is 10.0. The van der Waals surface area contributed by atoms with Gasteiger partial charge in [0.25, 0.3) is 0 Å². The van der Waals surface area contributed by atoms with Crippen molar-refractivity contribution in [3.63, 3.8) is 0 Å². The van der Waals surface area contributed by atoms with Gasteiger partial charge in [0.05, 0.1) is 29.8 Å². The molecule has 4 nitrogen and oxygen atoms in total.